The molecule has 0 spiro atoms. The maximum absolute atomic E-state index is 9.96. The molecule has 0 radical (unpaired) electrons. The van der Waals surface area contributed by atoms with Crippen molar-refractivity contribution in [3.05, 3.63) is 29.3 Å². The molecule has 4 nitrogen and oxygen atoms in total. The second-order valence-electron chi connectivity index (χ2n) is 5.55. The first-order chi connectivity index (χ1) is 9.66. The average Bonchev–Trinajstić information content (AvgIpc) is 2.44. The summed E-state index contributed by atoms with van der Waals surface area (Å²) < 4.78 is 5.34. The molecular formula is C16H26N2O2. The highest BCUT2D eigenvalue weighted by molar-refractivity contribution is 5.37. The van der Waals surface area contributed by atoms with Crippen LogP contribution in [-0.2, 0) is 4.74 Å². The molecule has 1 aliphatic rings. The van der Waals surface area contributed by atoms with E-state index in [1.165, 1.54) is 0 Å². The van der Waals surface area contributed by atoms with Gasteiger partial charge in [-0.2, -0.15) is 0 Å². The molecule has 1 aromatic rings. The number of phenols is 1. The Kier molecular flexibility index (Phi) is 5.83. The Hall–Kier alpha value is -1.10. The second kappa shape index (κ2) is 7.62. The van der Waals surface area contributed by atoms with Gasteiger partial charge in [-0.05, 0) is 45.0 Å². The molecule has 2 N–H and O–H groups in total. The Bertz CT molecular complexity index is 417. The molecule has 1 atom stereocenters. The summed E-state index contributed by atoms with van der Waals surface area (Å²) in [6.45, 7) is 9.99. The van der Waals surface area contributed by atoms with Crippen molar-refractivity contribution < 1.29 is 9.84 Å². The minimum absolute atomic E-state index is 0.181. The normalized spacial score (nSPS) is 18.1. The number of rotatable bonds is 6. The third-order valence-electron chi connectivity index (χ3n) is 3.86. The molecule has 2 rings (SSSR count). The van der Waals surface area contributed by atoms with Crippen molar-refractivity contribution in [3.8, 4) is 5.75 Å². The molecule has 1 unspecified atom stereocenters. The molecule has 1 aliphatic heterocycles. The van der Waals surface area contributed by atoms with Crippen molar-refractivity contribution in [2.75, 3.05) is 39.4 Å². The fraction of sp³-hybridized carbons (Fsp3) is 0.625. The van der Waals surface area contributed by atoms with Gasteiger partial charge in [-0.1, -0.05) is 12.1 Å². The summed E-state index contributed by atoms with van der Waals surface area (Å²) in [6.07, 6.45) is 1.12. The van der Waals surface area contributed by atoms with Gasteiger partial charge in [-0.25, -0.2) is 0 Å². The largest absolute Gasteiger partial charge is 0.508 e. The van der Waals surface area contributed by atoms with E-state index in [1.807, 2.05) is 25.1 Å². The molecule has 0 bridgehead atoms. The van der Waals surface area contributed by atoms with Crippen LogP contribution in [0.4, 0.5) is 0 Å². The van der Waals surface area contributed by atoms with E-state index in [9.17, 15) is 5.11 Å². The first kappa shape index (κ1) is 15.3. The van der Waals surface area contributed by atoms with Gasteiger partial charge in [0.2, 0.25) is 0 Å². The Morgan fingerprint density at radius 1 is 1.35 bits per heavy atom. The maximum Gasteiger partial charge on any atom is 0.120 e. The Morgan fingerprint density at radius 2 is 2.10 bits per heavy atom. The minimum Gasteiger partial charge on any atom is -0.508 e. The fourth-order valence-corrected chi connectivity index (χ4v) is 2.58. The van der Waals surface area contributed by atoms with E-state index in [2.05, 4.69) is 17.1 Å². The molecule has 0 aliphatic carbocycles. The van der Waals surface area contributed by atoms with E-state index < -0.39 is 0 Å². The molecule has 0 saturated carbocycles. The number of nitrogens with zero attached hydrogens (tertiary/aromatic N) is 1. The highest BCUT2D eigenvalue weighted by atomic mass is 16.5. The number of benzene rings is 1. The number of ether oxygens (including phenoxy) is 1. The molecule has 1 saturated heterocycles. The van der Waals surface area contributed by atoms with Crippen LogP contribution >= 0.6 is 0 Å². The van der Waals surface area contributed by atoms with Crippen molar-refractivity contribution in [3.63, 3.8) is 0 Å². The van der Waals surface area contributed by atoms with Gasteiger partial charge in [0.1, 0.15) is 5.75 Å². The van der Waals surface area contributed by atoms with Gasteiger partial charge >= 0.3 is 0 Å². The van der Waals surface area contributed by atoms with Crippen LogP contribution in [0.5, 0.6) is 5.75 Å². The number of nitrogens with one attached hydrogen (secondary N) is 1. The molecule has 4 heteroatoms. The lowest BCUT2D eigenvalue weighted by atomic mass is 10.1. The maximum atomic E-state index is 9.96. The smallest absolute Gasteiger partial charge is 0.120 e. The van der Waals surface area contributed by atoms with Gasteiger partial charge < -0.3 is 15.2 Å². The lowest BCUT2D eigenvalue weighted by Gasteiger charge is -2.26. The van der Waals surface area contributed by atoms with Gasteiger partial charge in [-0.3, -0.25) is 4.90 Å². The van der Waals surface area contributed by atoms with Crippen LogP contribution in [-0.4, -0.2) is 49.4 Å². The number of hydrogen-bond donors (Lipinski definition) is 2. The lowest BCUT2D eigenvalue weighted by molar-refractivity contribution is 0.0374. The average molecular weight is 278 g/mol. The van der Waals surface area contributed by atoms with E-state index in [-0.39, 0.29) is 6.04 Å². The molecule has 20 heavy (non-hydrogen) atoms. The predicted octanol–water partition coefficient (Wildman–Crippen LogP) is 2.07. The van der Waals surface area contributed by atoms with Crippen molar-refractivity contribution in [2.45, 2.75) is 26.3 Å². The number of morpholine rings is 1. The molecule has 0 aromatic heterocycles. The van der Waals surface area contributed by atoms with Crippen LogP contribution in [0.1, 0.15) is 30.5 Å². The summed E-state index contributed by atoms with van der Waals surface area (Å²) in [5.74, 6) is 0.387. The monoisotopic (exact) mass is 278 g/mol. The number of aromatic hydroxyl groups is 1. The topological polar surface area (TPSA) is 44.7 Å². The van der Waals surface area contributed by atoms with Crippen LogP contribution < -0.4 is 5.32 Å². The van der Waals surface area contributed by atoms with Crippen LogP contribution in [0.2, 0.25) is 0 Å². The minimum atomic E-state index is 0.181. The second-order valence-corrected chi connectivity index (χ2v) is 5.55. The summed E-state index contributed by atoms with van der Waals surface area (Å²) in [5.41, 5.74) is 2.06. The Balaban J connectivity index is 1.70. The van der Waals surface area contributed by atoms with Gasteiger partial charge in [0.25, 0.3) is 0 Å². The third kappa shape index (κ3) is 4.47. The zero-order valence-corrected chi connectivity index (χ0v) is 12.6. The zero-order valence-electron chi connectivity index (χ0n) is 12.6. The van der Waals surface area contributed by atoms with Crippen LogP contribution in [0.25, 0.3) is 0 Å². The summed E-state index contributed by atoms with van der Waals surface area (Å²) in [7, 11) is 0. The summed E-state index contributed by atoms with van der Waals surface area (Å²) in [4.78, 5) is 2.44. The molecule has 112 valence electrons. The fourth-order valence-electron chi connectivity index (χ4n) is 2.58. The van der Waals surface area contributed by atoms with Gasteiger partial charge in [0.15, 0.2) is 0 Å². The van der Waals surface area contributed by atoms with E-state index in [1.54, 1.807) is 0 Å². The molecular weight excluding hydrogens is 252 g/mol. The molecule has 0 amide bonds. The number of hydrogen-bond acceptors (Lipinski definition) is 4. The van der Waals surface area contributed by atoms with Crippen LogP contribution in [0.3, 0.4) is 0 Å². The zero-order chi connectivity index (χ0) is 14.4. The number of aryl methyl sites for hydroxylation is 1. The SMILES string of the molecule is Cc1ccc(C(C)NCCCN2CCOCC2)c(O)c1. The molecule has 1 fully saturated rings. The third-order valence-corrected chi connectivity index (χ3v) is 3.86. The first-order valence-corrected chi connectivity index (χ1v) is 7.50. The van der Waals surface area contributed by atoms with Gasteiger partial charge in [0, 0.05) is 24.7 Å². The summed E-state index contributed by atoms with van der Waals surface area (Å²) in [6, 6.07) is 6.05. The Labute approximate surface area is 121 Å². The van der Waals surface area contributed by atoms with E-state index >= 15 is 0 Å². The molecule has 1 aromatic carbocycles. The van der Waals surface area contributed by atoms with Crippen molar-refractivity contribution >= 4 is 0 Å². The van der Waals surface area contributed by atoms with E-state index in [0.29, 0.717) is 5.75 Å². The number of phenolic OH excluding ortho intramolecular Hbond substituents is 1. The van der Waals surface area contributed by atoms with Crippen LogP contribution in [0.15, 0.2) is 18.2 Å². The van der Waals surface area contributed by atoms with Crippen LogP contribution in [0, 0.1) is 6.92 Å². The predicted molar refractivity (Wildman–Crippen MR) is 81.1 cm³/mol. The van der Waals surface area contributed by atoms with E-state index in [4.69, 9.17) is 4.74 Å². The quantitative estimate of drug-likeness (QED) is 0.782. The van der Waals surface area contributed by atoms with E-state index in [0.717, 1.165) is 56.9 Å². The standard InChI is InChI=1S/C16H26N2O2/c1-13-4-5-15(16(19)12-13)14(2)17-6-3-7-18-8-10-20-11-9-18/h4-5,12,14,17,19H,3,6-11H2,1-2H3. The summed E-state index contributed by atoms with van der Waals surface area (Å²) in [5, 5.41) is 13.4. The van der Waals surface area contributed by atoms with Crippen molar-refractivity contribution in [1.29, 1.82) is 0 Å². The van der Waals surface area contributed by atoms with Crippen molar-refractivity contribution in [1.82, 2.24) is 10.2 Å². The molecule has 1 heterocycles. The first-order valence-electron chi connectivity index (χ1n) is 7.50. The highest BCUT2D eigenvalue weighted by Gasteiger charge is 2.11. The summed E-state index contributed by atoms with van der Waals surface area (Å²) >= 11 is 0. The van der Waals surface area contributed by atoms with Crippen molar-refractivity contribution in [2.24, 2.45) is 0 Å². The highest BCUT2D eigenvalue weighted by Crippen LogP contribution is 2.24. The van der Waals surface area contributed by atoms with Gasteiger partial charge in [0.05, 0.1) is 13.2 Å². The van der Waals surface area contributed by atoms with Gasteiger partial charge in [-0.15, -0.1) is 0 Å². The Morgan fingerprint density at radius 3 is 2.80 bits per heavy atom. The lowest BCUT2D eigenvalue weighted by Crippen LogP contribution is -2.37.